The van der Waals surface area contributed by atoms with Crippen LogP contribution in [0, 0.1) is 5.92 Å². The molecular weight excluding hydrogens is 487 g/mol. The highest BCUT2D eigenvalue weighted by molar-refractivity contribution is 14.0. The average Bonchev–Trinajstić information content (AvgIpc) is 3.26. The number of ether oxygens (including phenoxy) is 1. The monoisotopic (exact) mass is 520 g/mol. The predicted octanol–water partition coefficient (Wildman–Crippen LogP) is 4.22. The normalized spacial score (nSPS) is 24.2. The number of anilines is 1. The van der Waals surface area contributed by atoms with Gasteiger partial charge in [0.05, 0.1) is 6.10 Å². The zero-order valence-electron chi connectivity index (χ0n) is 17.7. The number of hydrogen-bond acceptors (Lipinski definition) is 3. The van der Waals surface area contributed by atoms with Crippen LogP contribution in [0.25, 0.3) is 0 Å². The number of nitrogens with zero attached hydrogens (tertiary/aromatic N) is 2. The number of rotatable bonds is 5. The molecule has 2 saturated heterocycles. The van der Waals surface area contributed by atoms with E-state index in [2.05, 4.69) is 81.2 Å². The summed E-state index contributed by atoms with van der Waals surface area (Å²) in [6.45, 7) is 3.80. The van der Waals surface area contributed by atoms with Crippen LogP contribution in [-0.4, -0.2) is 45.3 Å². The van der Waals surface area contributed by atoms with Gasteiger partial charge in [0.2, 0.25) is 0 Å². The van der Waals surface area contributed by atoms with Crippen LogP contribution in [0.5, 0.6) is 0 Å². The lowest BCUT2D eigenvalue weighted by molar-refractivity contribution is -0.0265. The summed E-state index contributed by atoms with van der Waals surface area (Å²) < 4.78 is 6.13. The van der Waals surface area contributed by atoms with Crippen molar-refractivity contribution in [3.63, 3.8) is 0 Å². The molecule has 2 aliphatic heterocycles. The summed E-state index contributed by atoms with van der Waals surface area (Å²) in [6.07, 6.45) is 3.58. The van der Waals surface area contributed by atoms with E-state index in [1.54, 1.807) is 0 Å². The van der Waals surface area contributed by atoms with Crippen LogP contribution in [0.2, 0.25) is 0 Å². The zero-order chi connectivity index (χ0) is 19.9. The standard InChI is InChI=1S/C24H32N4O.HI/c1-25-24(27-21-14-15-28(18-21)22-12-6-3-7-13-22)26-17-20-11-8-16-29-23(20)19-9-4-2-5-10-19;/h2-7,9-10,12-13,20-21,23H,8,11,14-18H2,1H3,(H2,25,26,27);1H. The van der Waals surface area contributed by atoms with Gasteiger partial charge in [-0.25, -0.2) is 0 Å². The van der Waals surface area contributed by atoms with Crippen molar-refractivity contribution in [2.45, 2.75) is 31.4 Å². The van der Waals surface area contributed by atoms with Crippen LogP contribution >= 0.6 is 24.0 Å². The van der Waals surface area contributed by atoms with Crippen molar-refractivity contribution in [1.82, 2.24) is 10.6 Å². The van der Waals surface area contributed by atoms with E-state index in [9.17, 15) is 0 Å². The van der Waals surface area contributed by atoms with Crippen molar-refractivity contribution < 1.29 is 4.74 Å². The summed E-state index contributed by atoms with van der Waals surface area (Å²) in [6, 6.07) is 21.6. The van der Waals surface area contributed by atoms with Gasteiger partial charge in [-0.05, 0) is 37.0 Å². The van der Waals surface area contributed by atoms with Gasteiger partial charge in [-0.2, -0.15) is 0 Å². The third-order valence-corrected chi connectivity index (χ3v) is 5.98. The molecule has 2 heterocycles. The second-order valence-corrected chi connectivity index (χ2v) is 7.97. The molecule has 2 fully saturated rings. The van der Waals surface area contributed by atoms with Crippen molar-refractivity contribution in [3.05, 3.63) is 66.2 Å². The zero-order valence-corrected chi connectivity index (χ0v) is 20.0. The molecule has 3 unspecified atom stereocenters. The van der Waals surface area contributed by atoms with Crippen LogP contribution in [0.15, 0.2) is 65.7 Å². The van der Waals surface area contributed by atoms with Crippen molar-refractivity contribution in [2.24, 2.45) is 10.9 Å². The van der Waals surface area contributed by atoms with Gasteiger partial charge in [-0.3, -0.25) is 4.99 Å². The summed E-state index contributed by atoms with van der Waals surface area (Å²) in [4.78, 5) is 6.90. The van der Waals surface area contributed by atoms with E-state index in [-0.39, 0.29) is 30.1 Å². The first-order chi connectivity index (χ1) is 14.3. The second kappa shape index (κ2) is 11.6. The van der Waals surface area contributed by atoms with Crippen LogP contribution in [0.1, 0.15) is 30.9 Å². The molecule has 162 valence electrons. The molecule has 6 heteroatoms. The Balaban J connectivity index is 0.00000256. The summed E-state index contributed by atoms with van der Waals surface area (Å²) in [5.41, 5.74) is 2.57. The van der Waals surface area contributed by atoms with Crippen molar-refractivity contribution in [2.75, 3.05) is 38.2 Å². The Hall–Kier alpha value is -1.80. The Morgan fingerprint density at radius 3 is 2.53 bits per heavy atom. The van der Waals surface area contributed by atoms with Gasteiger partial charge in [0.25, 0.3) is 0 Å². The molecule has 5 nitrogen and oxygen atoms in total. The largest absolute Gasteiger partial charge is 0.373 e. The number of halogens is 1. The topological polar surface area (TPSA) is 48.9 Å². The highest BCUT2D eigenvalue weighted by Gasteiger charge is 2.28. The van der Waals surface area contributed by atoms with E-state index >= 15 is 0 Å². The molecule has 0 spiro atoms. The van der Waals surface area contributed by atoms with E-state index in [0.717, 1.165) is 45.0 Å². The third-order valence-electron chi connectivity index (χ3n) is 5.98. The van der Waals surface area contributed by atoms with Gasteiger partial charge in [-0.1, -0.05) is 48.5 Å². The number of nitrogens with one attached hydrogen (secondary N) is 2. The Bertz CT molecular complexity index is 786. The first kappa shape index (κ1) is 22.9. The average molecular weight is 520 g/mol. The van der Waals surface area contributed by atoms with E-state index in [1.807, 2.05) is 7.05 Å². The minimum Gasteiger partial charge on any atom is -0.373 e. The smallest absolute Gasteiger partial charge is 0.191 e. The van der Waals surface area contributed by atoms with Crippen LogP contribution in [0.3, 0.4) is 0 Å². The number of benzene rings is 2. The van der Waals surface area contributed by atoms with Crippen molar-refractivity contribution >= 4 is 35.6 Å². The molecule has 0 aliphatic carbocycles. The second-order valence-electron chi connectivity index (χ2n) is 7.97. The minimum absolute atomic E-state index is 0. The van der Waals surface area contributed by atoms with Gasteiger partial charge in [0.15, 0.2) is 5.96 Å². The molecule has 2 N–H and O–H groups in total. The summed E-state index contributed by atoms with van der Waals surface area (Å²) in [5, 5.41) is 7.18. The first-order valence-electron chi connectivity index (χ1n) is 10.8. The maximum Gasteiger partial charge on any atom is 0.191 e. The fourth-order valence-electron chi connectivity index (χ4n) is 4.43. The van der Waals surface area contributed by atoms with Crippen LogP contribution in [-0.2, 0) is 4.74 Å². The lowest BCUT2D eigenvalue weighted by Crippen LogP contribution is -2.46. The molecule has 0 amide bonds. The molecule has 0 aromatic heterocycles. The van der Waals surface area contributed by atoms with Crippen molar-refractivity contribution in [1.29, 1.82) is 0 Å². The number of aliphatic imine (C=N–C) groups is 1. The van der Waals surface area contributed by atoms with Gasteiger partial charge in [0, 0.05) is 50.9 Å². The fourth-order valence-corrected chi connectivity index (χ4v) is 4.43. The van der Waals surface area contributed by atoms with E-state index < -0.39 is 0 Å². The molecule has 2 aliphatic rings. The van der Waals surface area contributed by atoms with Gasteiger partial charge >= 0.3 is 0 Å². The summed E-state index contributed by atoms with van der Waals surface area (Å²) in [7, 11) is 1.85. The maximum atomic E-state index is 6.13. The maximum absolute atomic E-state index is 6.13. The molecule has 4 rings (SSSR count). The first-order valence-corrected chi connectivity index (χ1v) is 10.8. The molecule has 0 radical (unpaired) electrons. The van der Waals surface area contributed by atoms with Gasteiger partial charge in [-0.15, -0.1) is 24.0 Å². The quantitative estimate of drug-likeness (QED) is 0.352. The number of para-hydroxylation sites is 1. The van der Waals surface area contributed by atoms with E-state index in [4.69, 9.17) is 4.74 Å². The Kier molecular flexibility index (Phi) is 8.81. The lowest BCUT2D eigenvalue weighted by atomic mass is 9.89. The van der Waals surface area contributed by atoms with Gasteiger partial charge < -0.3 is 20.3 Å². The highest BCUT2D eigenvalue weighted by Crippen LogP contribution is 2.33. The van der Waals surface area contributed by atoms with E-state index in [1.165, 1.54) is 17.7 Å². The van der Waals surface area contributed by atoms with Crippen molar-refractivity contribution in [3.8, 4) is 0 Å². The fraction of sp³-hybridized carbons (Fsp3) is 0.458. The minimum atomic E-state index is 0. The molecular formula is C24H33IN4O. The molecule has 3 atom stereocenters. The molecule has 30 heavy (non-hydrogen) atoms. The lowest BCUT2D eigenvalue weighted by Gasteiger charge is -2.33. The highest BCUT2D eigenvalue weighted by atomic mass is 127. The molecule has 2 aromatic carbocycles. The van der Waals surface area contributed by atoms with Crippen LogP contribution < -0.4 is 15.5 Å². The summed E-state index contributed by atoms with van der Waals surface area (Å²) in [5.74, 6) is 1.34. The van der Waals surface area contributed by atoms with Gasteiger partial charge in [0.1, 0.15) is 0 Å². The molecule has 0 bridgehead atoms. The SMILES string of the molecule is CN=C(NCC1CCCOC1c1ccccc1)NC1CCN(c2ccccc2)C1.I. The Labute approximate surface area is 197 Å². The predicted molar refractivity (Wildman–Crippen MR) is 135 cm³/mol. The number of guanidine groups is 1. The number of hydrogen-bond donors (Lipinski definition) is 2. The Morgan fingerprint density at radius 2 is 1.80 bits per heavy atom. The summed E-state index contributed by atoms with van der Waals surface area (Å²) >= 11 is 0. The third kappa shape index (κ3) is 5.88. The Morgan fingerprint density at radius 1 is 1.07 bits per heavy atom. The van der Waals surface area contributed by atoms with E-state index in [0.29, 0.717) is 12.0 Å². The van der Waals surface area contributed by atoms with Crippen LogP contribution in [0.4, 0.5) is 5.69 Å². The molecule has 2 aromatic rings. The molecule has 0 saturated carbocycles.